The number of unbranched alkanes of at least 4 members (excludes halogenated alkanes) is 35. The van der Waals surface area contributed by atoms with E-state index < -0.39 is 97.5 Å². The molecule has 0 aromatic rings. The van der Waals surface area contributed by atoms with E-state index in [1.165, 1.54) is 148 Å². The summed E-state index contributed by atoms with van der Waals surface area (Å²) in [7, 11) is -9.90. The maximum Gasteiger partial charge on any atom is 0.472 e. The predicted octanol–water partition coefficient (Wildman–Crippen LogP) is 19.8. The summed E-state index contributed by atoms with van der Waals surface area (Å²) < 4.78 is 68.2. The van der Waals surface area contributed by atoms with Gasteiger partial charge in [0.2, 0.25) is 0 Å². The Labute approximate surface area is 543 Å². The van der Waals surface area contributed by atoms with Gasteiger partial charge in [0, 0.05) is 25.7 Å². The van der Waals surface area contributed by atoms with Crippen LogP contribution in [0.2, 0.25) is 0 Å². The largest absolute Gasteiger partial charge is 0.472 e. The van der Waals surface area contributed by atoms with Crippen LogP contribution in [-0.2, 0) is 65.4 Å². The third kappa shape index (κ3) is 63.2. The average Bonchev–Trinajstić information content (AvgIpc) is 3.66. The summed E-state index contributed by atoms with van der Waals surface area (Å²) in [6.07, 6.45) is 44.5. The first-order valence-corrected chi connectivity index (χ1v) is 39.4. The first-order chi connectivity index (χ1) is 42.8. The van der Waals surface area contributed by atoms with Gasteiger partial charge in [-0.15, -0.1) is 0 Å². The van der Waals surface area contributed by atoms with Crippen LogP contribution < -0.4 is 0 Å². The smallest absolute Gasteiger partial charge is 0.462 e. The van der Waals surface area contributed by atoms with E-state index in [1.54, 1.807) is 0 Å². The second-order valence-corrected chi connectivity index (χ2v) is 29.4. The number of carbonyl (C=O) groups is 4. The van der Waals surface area contributed by atoms with Crippen molar-refractivity contribution in [3.63, 3.8) is 0 Å². The van der Waals surface area contributed by atoms with E-state index in [2.05, 4.69) is 48.5 Å². The van der Waals surface area contributed by atoms with Crippen molar-refractivity contribution in [3.05, 3.63) is 0 Å². The number of aliphatic hydroxyl groups excluding tert-OH is 1. The number of aliphatic hydroxyl groups is 1. The van der Waals surface area contributed by atoms with Gasteiger partial charge >= 0.3 is 39.5 Å². The van der Waals surface area contributed by atoms with Crippen LogP contribution in [-0.4, -0.2) is 96.7 Å². The molecule has 0 radical (unpaired) electrons. The summed E-state index contributed by atoms with van der Waals surface area (Å²) in [5, 5.41) is 10.6. The molecule has 0 spiro atoms. The molecule has 0 bridgehead atoms. The molecule has 0 aromatic carbocycles. The monoisotopic (exact) mass is 1310 g/mol. The summed E-state index contributed by atoms with van der Waals surface area (Å²) in [4.78, 5) is 72.4. The number of rotatable bonds is 68. The minimum absolute atomic E-state index is 0.105. The highest BCUT2D eigenvalue weighted by Crippen LogP contribution is 2.45. The molecule has 0 saturated carbocycles. The zero-order valence-corrected chi connectivity index (χ0v) is 59.7. The molecule has 0 fully saturated rings. The molecule has 0 aliphatic rings. The van der Waals surface area contributed by atoms with Crippen molar-refractivity contribution in [2.75, 3.05) is 39.6 Å². The van der Waals surface area contributed by atoms with Crippen molar-refractivity contribution in [2.45, 2.75) is 369 Å². The molecule has 89 heavy (non-hydrogen) atoms. The maximum atomic E-state index is 13.0. The fourth-order valence-corrected chi connectivity index (χ4v) is 12.1. The van der Waals surface area contributed by atoms with E-state index in [-0.39, 0.29) is 25.7 Å². The normalized spacial score (nSPS) is 14.5. The second kappa shape index (κ2) is 61.0. The van der Waals surface area contributed by atoms with Gasteiger partial charge < -0.3 is 33.8 Å². The van der Waals surface area contributed by atoms with Crippen LogP contribution in [0.25, 0.3) is 0 Å². The highest BCUT2D eigenvalue weighted by molar-refractivity contribution is 7.47. The van der Waals surface area contributed by atoms with Crippen LogP contribution in [0.4, 0.5) is 0 Å². The molecule has 19 heteroatoms. The molecule has 0 saturated heterocycles. The lowest BCUT2D eigenvalue weighted by molar-refractivity contribution is -0.161. The molecule has 0 aliphatic heterocycles. The van der Waals surface area contributed by atoms with Gasteiger partial charge in [0.05, 0.1) is 26.4 Å². The topological polar surface area (TPSA) is 237 Å². The van der Waals surface area contributed by atoms with Crippen LogP contribution in [0.5, 0.6) is 0 Å². The second-order valence-electron chi connectivity index (χ2n) is 26.5. The molecule has 528 valence electrons. The third-order valence-electron chi connectivity index (χ3n) is 16.5. The minimum Gasteiger partial charge on any atom is -0.462 e. The summed E-state index contributed by atoms with van der Waals surface area (Å²) in [6, 6.07) is 0. The Balaban J connectivity index is 5.22. The Morgan fingerprint density at radius 2 is 0.573 bits per heavy atom. The summed E-state index contributed by atoms with van der Waals surface area (Å²) in [5.74, 6) is 0.202. The van der Waals surface area contributed by atoms with Gasteiger partial charge in [-0.2, -0.15) is 0 Å². The van der Waals surface area contributed by atoms with Gasteiger partial charge in [-0.3, -0.25) is 37.3 Å². The van der Waals surface area contributed by atoms with Gasteiger partial charge in [0.25, 0.3) is 0 Å². The molecule has 3 N–H and O–H groups in total. The Morgan fingerprint density at radius 3 is 0.854 bits per heavy atom. The van der Waals surface area contributed by atoms with Crippen LogP contribution >= 0.6 is 15.6 Å². The minimum atomic E-state index is -4.95. The van der Waals surface area contributed by atoms with E-state index in [4.69, 9.17) is 37.0 Å². The first-order valence-electron chi connectivity index (χ1n) is 36.4. The Kier molecular flexibility index (Phi) is 59.6. The average molecular weight is 1310 g/mol. The lowest BCUT2D eigenvalue weighted by Gasteiger charge is -2.21. The van der Waals surface area contributed by atoms with Crippen molar-refractivity contribution < 1.29 is 80.2 Å². The number of hydrogen-bond donors (Lipinski definition) is 3. The standard InChI is InChI=1S/C70H136O17P2/c1-8-10-11-12-27-37-44-51-67(72)80-57-65(86-70(75)54-47-40-33-26-20-22-29-35-42-49-62(5)6)59-84-88(76,77)82-55-64(71)56-83-89(78,79)85-60-66(58-81-68(73)52-45-38-31-24-19-18-23-30-36-43-50-63(7)9-2)87-69(74)53-46-39-32-25-17-15-13-14-16-21-28-34-41-48-61(3)4/h61-66,71H,8-60H2,1-7H3,(H,76,77)(H,78,79)/t63?,64-,65+,66+/m0/s1. The molecular formula is C70H136O17P2. The number of phosphoric ester groups is 2. The van der Waals surface area contributed by atoms with E-state index in [0.29, 0.717) is 25.7 Å². The van der Waals surface area contributed by atoms with Crippen LogP contribution in [0.3, 0.4) is 0 Å². The van der Waals surface area contributed by atoms with Gasteiger partial charge in [-0.1, -0.05) is 299 Å². The third-order valence-corrected chi connectivity index (χ3v) is 18.4. The van der Waals surface area contributed by atoms with E-state index in [9.17, 15) is 43.2 Å². The van der Waals surface area contributed by atoms with E-state index >= 15 is 0 Å². The van der Waals surface area contributed by atoms with Crippen molar-refractivity contribution in [3.8, 4) is 0 Å². The summed E-state index contributed by atoms with van der Waals surface area (Å²) in [6.45, 7) is 11.8. The van der Waals surface area contributed by atoms with Gasteiger partial charge in [0.1, 0.15) is 19.3 Å². The molecule has 17 nitrogen and oxygen atoms in total. The summed E-state index contributed by atoms with van der Waals surface area (Å²) in [5.41, 5.74) is 0. The molecule has 6 atom stereocenters. The van der Waals surface area contributed by atoms with Crippen molar-refractivity contribution in [2.24, 2.45) is 17.8 Å². The molecule has 0 aromatic heterocycles. The number of hydrogen-bond acceptors (Lipinski definition) is 15. The number of phosphoric acid groups is 2. The van der Waals surface area contributed by atoms with Gasteiger partial charge in [-0.05, 0) is 43.4 Å². The van der Waals surface area contributed by atoms with Crippen LogP contribution in [0, 0.1) is 17.8 Å². The number of carbonyl (C=O) groups excluding carboxylic acids is 4. The lowest BCUT2D eigenvalue weighted by Crippen LogP contribution is -2.30. The predicted molar refractivity (Wildman–Crippen MR) is 358 cm³/mol. The van der Waals surface area contributed by atoms with Crippen molar-refractivity contribution >= 4 is 39.5 Å². The maximum absolute atomic E-state index is 13.0. The molecule has 0 aliphatic carbocycles. The number of ether oxygens (including phenoxy) is 4. The van der Waals surface area contributed by atoms with Crippen molar-refractivity contribution in [1.29, 1.82) is 0 Å². The zero-order chi connectivity index (χ0) is 65.9. The molecule has 0 heterocycles. The summed E-state index contributed by atoms with van der Waals surface area (Å²) >= 11 is 0. The molecule has 3 unspecified atom stereocenters. The van der Waals surface area contributed by atoms with Gasteiger partial charge in [0.15, 0.2) is 12.2 Å². The fourth-order valence-electron chi connectivity index (χ4n) is 10.5. The molecule has 0 rings (SSSR count). The van der Waals surface area contributed by atoms with E-state index in [1.807, 2.05) is 0 Å². The Morgan fingerprint density at radius 1 is 0.326 bits per heavy atom. The Hall–Kier alpha value is -1.94. The highest BCUT2D eigenvalue weighted by atomic mass is 31.2. The quantitative estimate of drug-likeness (QED) is 0.0222. The van der Waals surface area contributed by atoms with Gasteiger partial charge in [-0.25, -0.2) is 9.13 Å². The first kappa shape index (κ1) is 87.1. The van der Waals surface area contributed by atoms with E-state index in [0.717, 1.165) is 120 Å². The zero-order valence-electron chi connectivity index (χ0n) is 57.9. The van der Waals surface area contributed by atoms with Crippen LogP contribution in [0.1, 0.15) is 350 Å². The SMILES string of the molecule is CCCCCCCCCC(=O)OC[C@H](COP(=O)(O)OC[C@H](O)COP(=O)(O)OC[C@@H](COC(=O)CCCCCCCCCCCCC(C)CC)OC(=O)CCCCCCCCCCCCCCCC(C)C)OC(=O)CCCCCCCCCCCC(C)C. The van der Waals surface area contributed by atoms with Crippen molar-refractivity contribution in [1.82, 2.24) is 0 Å². The van der Waals surface area contributed by atoms with Crippen LogP contribution in [0.15, 0.2) is 0 Å². The molecular weight excluding hydrogens is 1170 g/mol. The highest BCUT2D eigenvalue weighted by Gasteiger charge is 2.30. The fraction of sp³-hybridized carbons (Fsp3) is 0.943. The Bertz CT molecular complexity index is 1750. The lowest BCUT2D eigenvalue weighted by atomic mass is 9.99. The molecule has 0 amide bonds. The number of esters is 4.